The average Bonchev–Trinajstić information content (AvgIpc) is 2.90. The van der Waals surface area contributed by atoms with Gasteiger partial charge in [0.25, 0.3) is 10.1 Å². The van der Waals surface area contributed by atoms with E-state index in [1.807, 2.05) is 30.3 Å². The van der Waals surface area contributed by atoms with Crippen molar-refractivity contribution < 1.29 is 27.6 Å². The minimum Gasteiger partial charge on any atom is -0.508 e. The Morgan fingerprint density at radius 1 is 1.04 bits per heavy atom. The van der Waals surface area contributed by atoms with E-state index in [1.165, 1.54) is 0 Å². The number of aromatic hydroxyl groups is 1. The third-order valence-corrected chi connectivity index (χ3v) is 2.84. The fourth-order valence-corrected chi connectivity index (χ4v) is 1.84. The number of ether oxygens (including phenoxy) is 1. The molecule has 0 radical (unpaired) electrons. The molecule has 0 saturated carbocycles. The molecule has 7 nitrogen and oxygen atoms in total. The van der Waals surface area contributed by atoms with Crippen molar-refractivity contribution in [1.82, 2.24) is 0 Å². The van der Waals surface area contributed by atoms with E-state index >= 15 is 0 Å². The highest BCUT2D eigenvalue weighted by atomic mass is 32.2. The van der Waals surface area contributed by atoms with Gasteiger partial charge in [0.2, 0.25) is 5.90 Å². The Hall–Kier alpha value is -2.97. The Morgan fingerprint density at radius 3 is 2.16 bits per heavy atom. The quantitative estimate of drug-likeness (QED) is 0.482. The summed E-state index contributed by atoms with van der Waals surface area (Å²) in [4.78, 5) is 16.0. The summed E-state index contributed by atoms with van der Waals surface area (Å²) in [6.45, 7) is 0. The van der Waals surface area contributed by atoms with Crippen molar-refractivity contribution >= 4 is 28.1 Å². The van der Waals surface area contributed by atoms with Gasteiger partial charge in [-0.2, -0.15) is 8.42 Å². The fourth-order valence-electron chi connectivity index (χ4n) is 1.84. The Labute approximate surface area is 144 Å². The molecule has 0 fully saturated rings. The van der Waals surface area contributed by atoms with Crippen LogP contribution in [0.2, 0.25) is 0 Å². The van der Waals surface area contributed by atoms with Crippen LogP contribution in [-0.2, 0) is 19.6 Å². The lowest BCUT2D eigenvalue weighted by atomic mass is 10.2. The molecule has 0 amide bonds. The number of hydrogen-bond donors (Lipinski definition) is 2. The Kier molecular flexibility index (Phi) is 5.68. The summed E-state index contributed by atoms with van der Waals surface area (Å²) in [7, 11) is -3.67. The standard InChI is InChI=1S/C16H11NO3.CH4O3S/c18-13-8-6-11(7-9-13)10-14-16(19)20-15(17-14)12-4-2-1-3-5-12;1-5(2,3)4/h1-10,18H;1H3,(H,2,3,4)/b14-10+;. The van der Waals surface area contributed by atoms with Crippen molar-refractivity contribution in [1.29, 1.82) is 0 Å². The van der Waals surface area contributed by atoms with Gasteiger partial charge in [-0.1, -0.05) is 30.3 Å². The third kappa shape index (κ3) is 6.21. The zero-order chi connectivity index (χ0) is 18.4. The highest BCUT2D eigenvalue weighted by Crippen LogP contribution is 2.20. The molecule has 25 heavy (non-hydrogen) atoms. The zero-order valence-corrected chi connectivity index (χ0v) is 14.0. The van der Waals surface area contributed by atoms with Crippen molar-refractivity contribution in [2.75, 3.05) is 6.26 Å². The van der Waals surface area contributed by atoms with E-state index in [-0.39, 0.29) is 11.4 Å². The van der Waals surface area contributed by atoms with Gasteiger partial charge in [-0.15, -0.1) is 0 Å². The predicted molar refractivity (Wildman–Crippen MR) is 92.6 cm³/mol. The zero-order valence-electron chi connectivity index (χ0n) is 13.2. The monoisotopic (exact) mass is 361 g/mol. The van der Waals surface area contributed by atoms with E-state index in [1.54, 1.807) is 30.3 Å². The highest BCUT2D eigenvalue weighted by Gasteiger charge is 2.23. The van der Waals surface area contributed by atoms with Crippen LogP contribution < -0.4 is 0 Å². The maximum absolute atomic E-state index is 11.8. The molecule has 2 N–H and O–H groups in total. The number of rotatable bonds is 2. The van der Waals surface area contributed by atoms with Crippen LogP contribution in [0.1, 0.15) is 11.1 Å². The first-order chi connectivity index (χ1) is 11.7. The molecule has 0 atom stereocenters. The van der Waals surface area contributed by atoms with E-state index in [4.69, 9.17) is 9.29 Å². The molecule has 1 aliphatic rings. The van der Waals surface area contributed by atoms with Crippen LogP contribution in [0, 0.1) is 0 Å². The normalized spacial score (nSPS) is 15.2. The Bertz CT molecular complexity index is 907. The van der Waals surface area contributed by atoms with Gasteiger partial charge in [-0.3, -0.25) is 4.55 Å². The topological polar surface area (TPSA) is 113 Å². The lowest BCUT2D eigenvalue weighted by Crippen LogP contribution is -2.04. The highest BCUT2D eigenvalue weighted by molar-refractivity contribution is 7.85. The van der Waals surface area contributed by atoms with Gasteiger partial charge >= 0.3 is 5.97 Å². The molecule has 2 aromatic rings. The molecular formula is C17H15NO6S. The third-order valence-electron chi connectivity index (χ3n) is 2.84. The molecule has 0 aromatic heterocycles. The van der Waals surface area contributed by atoms with Crippen LogP contribution >= 0.6 is 0 Å². The van der Waals surface area contributed by atoms with Crippen LogP contribution in [0.5, 0.6) is 5.75 Å². The van der Waals surface area contributed by atoms with Gasteiger partial charge in [0.15, 0.2) is 5.70 Å². The number of benzene rings is 2. The summed E-state index contributed by atoms with van der Waals surface area (Å²) >= 11 is 0. The number of carbonyl (C=O) groups is 1. The predicted octanol–water partition coefficient (Wildman–Crippen LogP) is 2.24. The van der Waals surface area contributed by atoms with Crippen LogP contribution in [0.15, 0.2) is 65.3 Å². The maximum Gasteiger partial charge on any atom is 0.363 e. The number of phenolic OH excluding ortho intramolecular Hbond substituents is 1. The van der Waals surface area contributed by atoms with E-state index in [0.717, 1.165) is 11.1 Å². The van der Waals surface area contributed by atoms with Crippen molar-refractivity contribution in [2.24, 2.45) is 4.99 Å². The first-order valence-corrected chi connectivity index (χ1v) is 8.87. The van der Waals surface area contributed by atoms with Gasteiger partial charge in [-0.25, -0.2) is 9.79 Å². The number of esters is 1. The van der Waals surface area contributed by atoms with Crippen LogP contribution in [0.4, 0.5) is 0 Å². The number of aliphatic imine (C=N–C) groups is 1. The van der Waals surface area contributed by atoms with Gasteiger partial charge in [0.1, 0.15) is 5.75 Å². The molecule has 0 bridgehead atoms. The van der Waals surface area contributed by atoms with Gasteiger partial charge < -0.3 is 9.84 Å². The van der Waals surface area contributed by atoms with Crippen molar-refractivity contribution in [3.63, 3.8) is 0 Å². The second-order valence-electron chi connectivity index (χ2n) is 5.03. The molecule has 0 unspecified atom stereocenters. The lowest BCUT2D eigenvalue weighted by molar-refractivity contribution is -0.129. The first-order valence-electron chi connectivity index (χ1n) is 7.02. The summed E-state index contributed by atoms with van der Waals surface area (Å²) in [5, 5.41) is 9.22. The van der Waals surface area contributed by atoms with E-state index < -0.39 is 16.1 Å². The van der Waals surface area contributed by atoms with Crippen LogP contribution in [-0.4, -0.2) is 36.2 Å². The van der Waals surface area contributed by atoms with Crippen LogP contribution in [0.3, 0.4) is 0 Å². The van der Waals surface area contributed by atoms with Gasteiger partial charge in [-0.05, 0) is 35.9 Å². The number of cyclic esters (lactones) is 1. The van der Waals surface area contributed by atoms with Gasteiger partial charge in [0, 0.05) is 5.56 Å². The largest absolute Gasteiger partial charge is 0.508 e. The minimum atomic E-state index is -3.67. The Balaban J connectivity index is 0.000000399. The Morgan fingerprint density at radius 2 is 1.60 bits per heavy atom. The molecule has 0 saturated heterocycles. The second kappa shape index (κ2) is 7.73. The van der Waals surface area contributed by atoms with E-state index in [0.29, 0.717) is 12.2 Å². The summed E-state index contributed by atoms with van der Waals surface area (Å²) < 4.78 is 31.0. The molecule has 1 aliphatic heterocycles. The number of phenols is 1. The molecule has 1 heterocycles. The summed E-state index contributed by atoms with van der Waals surface area (Å²) in [5.41, 5.74) is 1.78. The molecule has 130 valence electrons. The van der Waals surface area contributed by atoms with Crippen LogP contribution in [0.25, 0.3) is 6.08 Å². The number of hydrogen-bond acceptors (Lipinski definition) is 6. The SMILES string of the molecule is CS(=O)(=O)O.O=C1OC(c2ccccc2)=N/C1=C/c1ccc(O)cc1. The van der Waals surface area contributed by atoms with Crippen molar-refractivity contribution in [3.8, 4) is 5.75 Å². The molecular weight excluding hydrogens is 346 g/mol. The maximum atomic E-state index is 11.8. The smallest absolute Gasteiger partial charge is 0.363 e. The fraction of sp³-hybridized carbons (Fsp3) is 0.0588. The molecule has 8 heteroatoms. The molecule has 3 rings (SSSR count). The van der Waals surface area contributed by atoms with Crippen molar-refractivity contribution in [2.45, 2.75) is 0 Å². The summed E-state index contributed by atoms with van der Waals surface area (Å²) in [6.07, 6.45) is 2.34. The molecule has 0 aliphatic carbocycles. The van der Waals surface area contributed by atoms with Crippen molar-refractivity contribution in [3.05, 3.63) is 71.4 Å². The summed E-state index contributed by atoms with van der Waals surface area (Å²) in [5.74, 6) is 0.00665. The number of carbonyl (C=O) groups excluding carboxylic acids is 1. The second-order valence-corrected chi connectivity index (χ2v) is 6.49. The summed E-state index contributed by atoms with van der Waals surface area (Å²) in [6, 6.07) is 15.8. The minimum absolute atomic E-state index is 0.176. The first kappa shape index (κ1) is 18.4. The van der Waals surface area contributed by atoms with Gasteiger partial charge in [0.05, 0.1) is 6.26 Å². The lowest BCUT2D eigenvalue weighted by Gasteiger charge is -1.97. The number of nitrogens with zero attached hydrogens (tertiary/aromatic N) is 1. The average molecular weight is 361 g/mol. The molecule has 2 aromatic carbocycles. The van der Waals surface area contributed by atoms with E-state index in [2.05, 4.69) is 4.99 Å². The van der Waals surface area contributed by atoms with E-state index in [9.17, 15) is 18.3 Å². The molecule has 0 spiro atoms.